The van der Waals surface area contributed by atoms with E-state index in [4.69, 9.17) is 0 Å². The molecule has 0 saturated heterocycles. The van der Waals surface area contributed by atoms with E-state index in [9.17, 15) is 0 Å². The molecule has 0 bridgehead atoms. The Morgan fingerprint density at radius 1 is 0.345 bits per heavy atom. The fraction of sp³-hybridized carbons (Fsp3) is 0.0769. The maximum Gasteiger partial charge on any atom is 0 e. The van der Waals surface area contributed by atoms with Gasteiger partial charge in [0.1, 0.15) is 0 Å². The van der Waals surface area contributed by atoms with Crippen LogP contribution < -0.4 is 21.2 Å². The van der Waals surface area contributed by atoms with Crippen molar-refractivity contribution in [2.24, 2.45) is 0 Å². The molecule has 4 rings (SSSR count). The minimum atomic E-state index is -0.348. The number of rotatable bonds is 7. The van der Waals surface area contributed by atoms with Crippen molar-refractivity contribution in [3.63, 3.8) is 0 Å². The molecule has 0 radical (unpaired) electrons. The number of benzene rings is 4. The molecule has 0 nitrogen and oxygen atoms in total. The van der Waals surface area contributed by atoms with Crippen molar-refractivity contribution in [3.8, 4) is 0 Å². The van der Waals surface area contributed by atoms with Gasteiger partial charge in [-0.3, -0.25) is 0 Å². The third-order valence-corrected chi connectivity index (χ3v) is 10.2. The zero-order chi connectivity index (χ0) is 19.0. The van der Waals surface area contributed by atoms with Crippen molar-refractivity contribution in [1.29, 1.82) is 0 Å². The maximum atomic E-state index is 2.30. The van der Waals surface area contributed by atoms with Gasteiger partial charge in [0.05, 0.1) is 0 Å². The first-order chi connectivity index (χ1) is 13.9. The minimum absolute atomic E-state index is 0. The van der Waals surface area contributed by atoms with Crippen molar-refractivity contribution in [2.75, 3.05) is 12.3 Å². The largest absolute Gasteiger partial charge is 0.0622 e. The minimum Gasteiger partial charge on any atom is -0.0622 e. The third-order valence-electron chi connectivity index (χ3n) is 4.82. The van der Waals surface area contributed by atoms with Crippen LogP contribution in [0.1, 0.15) is 0 Å². The van der Waals surface area contributed by atoms with E-state index in [1.165, 1.54) is 33.5 Å². The van der Waals surface area contributed by atoms with Gasteiger partial charge in [-0.2, -0.15) is 0 Å². The predicted octanol–water partition coefficient (Wildman–Crippen LogP) is 5.25. The van der Waals surface area contributed by atoms with Crippen LogP contribution in [0.2, 0.25) is 0 Å². The molecule has 148 valence electrons. The molecule has 0 aromatic heterocycles. The van der Waals surface area contributed by atoms with Crippen molar-refractivity contribution >= 4 is 37.1 Å². The third kappa shape index (κ3) is 5.95. The molecule has 0 N–H and O–H groups in total. The van der Waals surface area contributed by atoms with Crippen molar-refractivity contribution < 1.29 is 20.4 Å². The quantitative estimate of drug-likeness (QED) is 0.238. The molecule has 0 fully saturated rings. The number of hydrogen-bond donors (Lipinski definition) is 0. The van der Waals surface area contributed by atoms with Gasteiger partial charge >= 0.3 is 0 Å². The zero-order valence-corrected chi connectivity index (χ0v) is 19.5. The summed E-state index contributed by atoms with van der Waals surface area (Å²) in [6, 6.07) is 44.2. The Hall–Kier alpha value is -1.60. The van der Waals surface area contributed by atoms with E-state index in [-0.39, 0.29) is 36.3 Å². The summed E-state index contributed by atoms with van der Waals surface area (Å²) in [5, 5.41) is 5.89. The van der Waals surface area contributed by atoms with Gasteiger partial charge in [0, 0.05) is 20.4 Å². The molecule has 0 aliphatic heterocycles. The zero-order valence-electron chi connectivity index (χ0n) is 16.2. The summed E-state index contributed by atoms with van der Waals surface area (Å²) in [6.07, 6.45) is 2.41. The summed E-state index contributed by atoms with van der Waals surface area (Å²) in [6.45, 7) is 0. The van der Waals surface area contributed by atoms with E-state index in [1.54, 1.807) is 0 Å². The monoisotopic (exact) mass is 504 g/mol. The second kappa shape index (κ2) is 11.6. The summed E-state index contributed by atoms with van der Waals surface area (Å²) in [7, 11) is -0.696. The molecular formula is C26H24P2Pd. The summed E-state index contributed by atoms with van der Waals surface area (Å²) in [4.78, 5) is 0. The molecule has 0 heterocycles. The van der Waals surface area contributed by atoms with Crippen molar-refractivity contribution in [1.82, 2.24) is 0 Å². The van der Waals surface area contributed by atoms with Gasteiger partial charge in [-0.25, -0.2) is 0 Å². The van der Waals surface area contributed by atoms with E-state index in [0.717, 1.165) is 0 Å². The Morgan fingerprint density at radius 2 is 0.552 bits per heavy atom. The first-order valence-corrected chi connectivity index (χ1v) is 12.7. The fourth-order valence-electron chi connectivity index (χ4n) is 3.45. The van der Waals surface area contributed by atoms with Crippen LogP contribution in [-0.4, -0.2) is 12.3 Å². The van der Waals surface area contributed by atoms with Crippen LogP contribution in [0, 0.1) is 0 Å². The van der Waals surface area contributed by atoms with E-state index in [2.05, 4.69) is 121 Å². The summed E-state index contributed by atoms with van der Waals surface area (Å²) < 4.78 is 0. The van der Waals surface area contributed by atoms with Crippen LogP contribution in [0.3, 0.4) is 0 Å². The molecule has 0 atom stereocenters. The topological polar surface area (TPSA) is 0 Å². The van der Waals surface area contributed by atoms with Crippen LogP contribution >= 0.6 is 15.8 Å². The first-order valence-electron chi connectivity index (χ1n) is 9.67. The molecule has 0 spiro atoms. The van der Waals surface area contributed by atoms with Crippen LogP contribution in [0.4, 0.5) is 0 Å². The molecular weight excluding hydrogens is 481 g/mol. The first kappa shape index (κ1) is 22.1. The Kier molecular flexibility index (Phi) is 8.80. The smallest absolute Gasteiger partial charge is 0 e. The van der Waals surface area contributed by atoms with Crippen LogP contribution in [-0.2, 0) is 20.4 Å². The molecule has 4 aromatic rings. The van der Waals surface area contributed by atoms with Crippen LogP contribution in [0.25, 0.3) is 0 Å². The molecule has 29 heavy (non-hydrogen) atoms. The summed E-state index contributed by atoms with van der Waals surface area (Å²) >= 11 is 0. The summed E-state index contributed by atoms with van der Waals surface area (Å²) in [5.74, 6) is 0. The number of hydrogen-bond acceptors (Lipinski definition) is 0. The van der Waals surface area contributed by atoms with Gasteiger partial charge < -0.3 is 0 Å². The average molecular weight is 505 g/mol. The SMILES string of the molecule is [Pd].c1ccc(P(CCP(c2ccccc2)c2ccccc2)c2ccccc2)cc1. The average Bonchev–Trinajstić information content (AvgIpc) is 2.79. The molecule has 3 heteroatoms. The predicted molar refractivity (Wildman–Crippen MR) is 128 cm³/mol. The summed E-state index contributed by atoms with van der Waals surface area (Å²) in [5.41, 5.74) is 0. The normalized spacial score (nSPS) is 10.7. The van der Waals surface area contributed by atoms with Gasteiger partial charge in [-0.05, 0) is 49.4 Å². The Balaban J connectivity index is 0.00000240. The van der Waals surface area contributed by atoms with Crippen molar-refractivity contribution in [3.05, 3.63) is 121 Å². The van der Waals surface area contributed by atoms with E-state index in [0.29, 0.717) is 0 Å². The van der Waals surface area contributed by atoms with Crippen LogP contribution in [0.5, 0.6) is 0 Å². The second-order valence-electron chi connectivity index (χ2n) is 6.65. The van der Waals surface area contributed by atoms with Crippen molar-refractivity contribution in [2.45, 2.75) is 0 Å². The van der Waals surface area contributed by atoms with E-state index < -0.39 is 0 Å². The van der Waals surface area contributed by atoms with Gasteiger partial charge in [0.25, 0.3) is 0 Å². The van der Waals surface area contributed by atoms with Gasteiger partial charge in [0.15, 0.2) is 0 Å². The molecule has 0 aliphatic rings. The van der Waals surface area contributed by atoms with Gasteiger partial charge in [-0.15, -0.1) is 0 Å². The van der Waals surface area contributed by atoms with E-state index in [1.807, 2.05) is 0 Å². The Morgan fingerprint density at radius 3 is 0.759 bits per heavy atom. The standard InChI is InChI=1S/C26H24P2.Pd/c1-5-13-23(14-6-1)27(24-15-7-2-8-16-24)21-22-28(25-17-9-3-10-18-25)26-19-11-4-12-20-26;/h1-20H,21-22H2;. The fourth-order valence-corrected chi connectivity index (χ4v) is 8.80. The molecule has 0 aliphatic carbocycles. The maximum absolute atomic E-state index is 2.30. The second-order valence-corrected chi connectivity index (χ2v) is 11.3. The molecule has 0 amide bonds. The van der Waals surface area contributed by atoms with Crippen LogP contribution in [0.15, 0.2) is 121 Å². The van der Waals surface area contributed by atoms with E-state index >= 15 is 0 Å². The van der Waals surface area contributed by atoms with Gasteiger partial charge in [0.2, 0.25) is 0 Å². The molecule has 4 aromatic carbocycles. The molecule has 0 saturated carbocycles. The Bertz CT molecular complexity index is 798. The van der Waals surface area contributed by atoms with Gasteiger partial charge in [-0.1, -0.05) is 121 Å². The Labute approximate surface area is 190 Å². The molecule has 0 unspecified atom stereocenters.